The zero-order chi connectivity index (χ0) is 16.9. The van der Waals surface area contributed by atoms with Crippen LogP contribution in [0.1, 0.15) is 47.0 Å². The second kappa shape index (κ2) is 15.0. The van der Waals surface area contributed by atoms with E-state index in [9.17, 15) is 0 Å². The molecule has 1 fully saturated rings. The highest BCUT2D eigenvalue weighted by molar-refractivity contribution is 14.0. The Hall–Kier alpha value is -0.340. The van der Waals surface area contributed by atoms with E-state index in [2.05, 4.69) is 53.4 Å². The molecule has 1 saturated heterocycles. The Bertz CT molecular complexity index is 353. The van der Waals surface area contributed by atoms with E-state index in [0.29, 0.717) is 12.1 Å². The highest BCUT2D eigenvalue weighted by Gasteiger charge is 2.19. The molecule has 0 atom stereocenters. The molecule has 0 amide bonds. The fourth-order valence-electron chi connectivity index (χ4n) is 2.65. The predicted molar refractivity (Wildman–Crippen MR) is 115 cm³/mol. The van der Waals surface area contributed by atoms with Crippen LogP contribution in [0, 0.1) is 0 Å². The second-order valence-corrected chi connectivity index (χ2v) is 6.30. The SMILES string of the molecule is C/C=C/CCN=C(NCC)NC1CCN(CCOC(C)C)CC1.I. The molecule has 0 saturated carbocycles. The molecule has 0 radical (unpaired) electrons. The molecule has 0 unspecified atom stereocenters. The lowest BCUT2D eigenvalue weighted by Gasteiger charge is -2.33. The minimum atomic E-state index is 0. The van der Waals surface area contributed by atoms with Crippen LogP contribution in [-0.2, 0) is 4.74 Å². The lowest BCUT2D eigenvalue weighted by atomic mass is 10.1. The highest BCUT2D eigenvalue weighted by atomic mass is 127. The first kappa shape index (κ1) is 23.7. The van der Waals surface area contributed by atoms with Crippen LogP contribution in [-0.4, -0.2) is 62.3 Å². The molecule has 0 aromatic carbocycles. The summed E-state index contributed by atoms with van der Waals surface area (Å²) in [7, 11) is 0. The minimum Gasteiger partial charge on any atom is -0.377 e. The van der Waals surface area contributed by atoms with Crippen molar-refractivity contribution in [3.05, 3.63) is 12.2 Å². The van der Waals surface area contributed by atoms with Crippen LogP contribution < -0.4 is 10.6 Å². The van der Waals surface area contributed by atoms with Crippen molar-refractivity contribution < 1.29 is 4.74 Å². The summed E-state index contributed by atoms with van der Waals surface area (Å²) in [6.45, 7) is 14.2. The molecule has 24 heavy (non-hydrogen) atoms. The number of ether oxygens (including phenoxy) is 1. The number of hydrogen-bond donors (Lipinski definition) is 2. The molecule has 142 valence electrons. The fourth-order valence-corrected chi connectivity index (χ4v) is 2.65. The van der Waals surface area contributed by atoms with E-state index in [1.54, 1.807) is 0 Å². The molecular weight excluding hydrogens is 415 g/mol. The Kier molecular flexibility index (Phi) is 14.7. The van der Waals surface area contributed by atoms with Gasteiger partial charge in [0.1, 0.15) is 0 Å². The minimum absolute atomic E-state index is 0. The summed E-state index contributed by atoms with van der Waals surface area (Å²) in [4.78, 5) is 7.14. The van der Waals surface area contributed by atoms with Crippen LogP contribution in [0.4, 0.5) is 0 Å². The maximum Gasteiger partial charge on any atom is 0.191 e. The third-order valence-corrected chi connectivity index (χ3v) is 3.93. The first-order valence-electron chi connectivity index (χ1n) is 9.15. The number of likely N-dealkylation sites (tertiary alicyclic amines) is 1. The van der Waals surface area contributed by atoms with Crippen LogP contribution >= 0.6 is 24.0 Å². The Morgan fingerprint density at radius 2 is 2.04 bits per heavy atom. The topological polar surface area (TPSA) is 48.9 Å². The Balaban J connectivity index is 0.00000529. The van der Waals surface area contributed by atoms with Crippen molar-refractivity contribution in [2.45, 2.75) is 59.1 Å². The van der Waals surface area contributed by atoms with E-state index in [-0.39, 0.29) is 24.0 Å². The molecule has 1 aliphatic rings. The number of guanidine groups is 1. The van der Waals surface area contributed by atoms with Crippen LogP contribution in [0.25, 0.3) is 0 Å². The van der Waals surface area contributed by atoms with E-state index in [4.69, 9.17) is 4.74 Å². The summed E-state index contributed by atoms with van der Waals surface area (Å²) < 4.78 is 5.64. The molecule has 1 aliphatic heterocycles. The number of hydrogen-bond acceptors (Lipinski definition) is 3. The number of allylic oxidation sites excluding steroid dienone is 1. The van der Waals surface area contributed by atoms with Gasteiger partial charge < -0.3 is 20.3 Å². The van der Waals surface area contributed by atoms with Crippen molar-refractivity contribution in [2.75, 3.05) is 39.3 Å². The molecule has 0 spiro atoms. The van der Waals surface area contributed by atoms with Gasteiger partial charge in [0.05, 0.1) is 12.7 Å². The van der Waals surface area contributed by atoms with E-state index in [1.165, 1.54) is 12.8 Å². The number of nitrogens with one attached hydrogen (secondary N) is 2. The Morgan fingerprint density at radius 1 is 1.33 bits per heavy atom. The second-order valence-electron chi connectivity index (χ2n) is 6.30. The fraction of sp³-hybridized carbons (Fsp3) is 0.833. The first-order valence-corrected chi connectivity index (χ1v) is 9.15. The first-order chi connectivity index (χ1) is 11.2. The summed E-state index contributed by atoms with van der Waals surface area (Å²) in [6.07, 6.45) is 7.90. The van der Waals surface area contributed by atoms with E-state index >= 15 is 0 Å². The average molecular weight is 452 g/mol. The number of rotatable bonds is 9. The molecule has 5 nitrogen and oxygen atoms in total. The summed E-state index contributed by atoms with van der Waals surface area (Å²) in [6, 6.07) is 0.525. The highest BCUT2D eigenvalue weighted by Crippen LogP contribution is 2.10. The smallest absolute Gasteiger partial charge is 0.191 e. The van der Waals surface area contributed by atoms with Crippen LogP contribution in [0.5, 0.6) is 0 Å². The van der Waals surface area contributed by atoms with Crippen molar-refractivity contribution in [1.29, 1.82) is 0 Å². The van der Waals surface area contributed by atoms with Crippen LogP contribution in [0.2, 0.25) is 0 Å². The Labute approximate surface area is 165 Å². The van der Waals surface area contributed by atoms with Crippen molar-refractivity contribution in [3.63, 3.8) is 0 Å². The van der Waals surface area contributed by atoms with Gasteiger partial charge in [0, 0.05) is 38.8 Å². The van der Waals surface area contributed by atoms with Gasteiger partial charge in [-0.15, -0.1) is 24.0 Å². The molecule has 2 N–H and O–H groups in total. The standard InChI is InChI=1S/C18H36N4O.HI/c1-5-7-8-11-20-18(19-6-2)21-17-9-12-22(13-10-17)14-15-23-16(3)4;/h5,7,16-17H,6,8-15H2,1-4H3,(H2,19,20,21);1H/b7-5+;. The quantitative estimate of drug-likeness (QED) is 0.186. The maximum absolute atomic E-state index is 5.64. The zero-order valence-corrected chi connectivity index (χ0v) is 18.2. The molecule has 0 aromatic rings. The number of piperidine rings is 1. The lowest BCUT2D eigenvalue weighted by molar-refractivity contribution is 0.0532. The Morgan fingerprint density at radius 3 is 2.62 bits per heavy atom. The maximum atomic E-state index is 5.64. The van der Waals surface area contributed by atoms with Gasteiger partial charge in [-0.25, -0.2) is 0 Å². The summed E-state index contributed by atoms with van der Waals surface area (Å²) in [5.74, 6) is 0.957. The van der Waals surface area contributed by atoms with E-state index < -0.39 is 0 Å². The number of nitrogens with zero attached hydrogens (tertiary/aromatic N) is 2. The zero-order valence-electron chi connectivity index (χ0n) is 15.9. The number of halogens is 1. The largest absolute Gasteiger partial charge is 0.377 e. The number of aliphatic imine (C=N–C) groups is 1. The molecule has 0 aliphatic carbocycles. The van der Waals surface area contributed by atoms with Crippen molar-refractivity contribution in [1.82, 2.24) is 15.5 Å². The van der Waals surface area contributed by atoms with Gasteiger partial charge in [-0.05, 0) is 47.0 Å². The summed E-state index contributed by atoms with van der Waals surface area (Å²) >= 11 is 0. The molecule has 0 bridgehead atoms. The van der Waals surface area contributed by atoms with Gasteiger partial charge >= 0.3 is 0 Å². The average Bonchev–Trinajstić information content (AvgIpc) is 2.53. The van der Waals surface area contributed by atoms with Crippen molar-refractivity contribution in [2.24, 2.45) is 4.99 Å². The third-order valence-electron chi connectivity index (χ3n) is 3.93. The van der Waals surface area contributed by atoms with Crippen LogP contribution in [0.15, 0.2) is 17.1 Å². The summed E-state index contributed by atoms with van der Waals surface area (Å²) in [5, 5.41) is 6.93. The van der Waals surface area contributed by atoms with Gasteiger partial charge in [-0.3, -0.25) is 4.99 Å². The van der Waals surface area contributed by atoms with E-state index in [0.717, 1.165) is 51.7 Å². The van der Waals surface area contributed by atoms with Gasteiger partial charge in [0.15, 0.2) is 5.96 Å². The monoisotopic (exact) mass is 452 g/mol. The predicted octanol–water partition coefficient (Wildman–Crippen LogP) is 3.02. The third kappa shape index (κ3) is 11.3. The lowest BCUT2D eigenvalue weighted by Crippen LogP contribution is -2.49. The van der Waals surface area contributed by atoms with E-state index in [1.807, 2.05) is 6.92 Å². The van der Waals surface area contributed by atoms with Gasteiger partial charge in [-0.2, -0.15) is 0 Å². The molecule has 0 aromatic heterocycles. The normalized spacial score (nSPS) is 17.3. The van der Waals surface area contributed by atoms with Gasteiger partial charge in [0.2, 0.25) is 0 Å². The molecular formula is C18H37IN4O. The van der Waals surface area contributed by atoms with Gasteiger partial charge in [-0.1, -0.05) is 12.2 Å². The van der Waals surface area contributed by atoms with Crippen molar-refractivity contribution >= 4 is 29.9 Å². The molecule has 1 heterocycles. The molecule has 1 rings (SSSR count). The van der Waals surface area contributed by atoms with Crippen molar-refractivity contribution in [3.8, 4) is 0 Å². The summed E-state index contributed by atoms with van der Waals surface area (Å²) in [5.41, 5.74) is 0. The van der Waals surface area contributed by atoms with Gasteiger partial charge in [0.25, 0.3) is 0 Å². The van der Waals surface area contributed by atoms with Crippen LogP contribution in [0.3, 0.4) is 0 Å². The molecule has 6 heteroatoms.